The normalized spacial score (nSPS) is 14.0. The first kappa shape index (κ1) is 13.5. The molecule has 2 aromatic carbocycles. The number of ether oxygens (including phenoxy) is 1. The van der Waals surface area contributed by atoms with Crippen molar-refractivity contribution in [2.24, 2.45) is 0 Å². The summed E-state index contributed by atoms with van der Waals surface area (Å²) in [6, 6.07) is 18.5. The lowest BCUT2D eigenvalue weighted by atomic mass is 10.0. The summed E-state index contributed by atoms with van der Waals surface area (Å²) < 4.78 is 5.81. The highest BCUT2D eigenvalue weighted by molar-refractivity contribution is 5.69. The van der Waals surface area contributed by atoms with Crippen LogP contribution in [0.25, 0.3) is 5.57 Å². The number of benzene rings is 2. The number of hydrogen-bond acceptors (Lipinski definition) is 2. The van der Waals surface area contributed by atoms with Crippen LogP contribution in [0.15, 0.2) is 72.9 Å². The van der Waals surface area contributed by atoms with Crippen molar-refractivity contribution in [3.8, 4) is 5.75 Å². The van der Waals surface area contributed by atoms with Crippen molar-refractivity contribution < 1.29 is 4.74 Å². The van der Waals surface area contributed by atoms with Crippen LogP contribution in [0.1, 0.15) is 11.1 Å². The zero-order valence-electron chi connectivity index (χ0n) is 12.2. The standard InChI is InChI=1S/C19H19NO/c1-20-13-5-8-18(14-20)17-9-11-19(12-10-17)21-15-16-6-3-2-4-7-16/h2-13H,14-15H2,1H3. The summed E-state index contributed by atoms with van der Waals surface area (Å²) in [5, 5.41) is 0. The molecule has 0 unspecified atom stereocenters. The number of nitrogens with zero attached hydrogens (tertiary/aromatic N) is 1. The van der Waals surface area contributed by atoms with Gasteiger partial charge < -0.3 is 9.64 Å². The first-order valence-electron chi connectivity index (χ1n) is 7.16. The van der Waals surface area contributed by atoms with Gasteiger partial charge >= 0.3 is 0 Å². The topological polar surface area (TPSA) is 12.5 Å². The molecule has 1 aliphatic rings. The Balaban J connectivity index is 1.64. The van der Waals surface area contributed by atoms with Crippen LogP contribution in [0.3, 0.4) is 0 Å². The second kappa shape index (κ2) is 6.31. The van der Waals surface area contributed by atoms with Gasteiger partial charge in [-0.1, -0.05) is 48.5 Å². The molecule has 0 amide bonds. The first-order chi connectivity index (χ1) is 10.3. The van der Waals surface area contributed by atoms with Gasteiger partial charge in [-0.25, -0.2) is 0 Å². The van der Waals surface area contributed by atoms with Crippen LogP contribution in [0.2, 0.25) is 0 Å². The van der Waals surface area contributed by atoms with Crippen LogP contribution in [-0.4, -0.2) is 18.5 Å². The molecule has 0 aliphatic carbocycles. The highest BCUT2D eigenvalue weighted by Gasteiger charge is 2.06. The van der Waals surface area contributed by atoms with E-state index >= 15 is 0 Å². The molecule has 1 heterocycles. The first-order valence-corrected chi connectivity index (χ1v) is 7.16. The van der Waals surface area contributed by atoms with Crippen molar-refractivity contribution in [2.45, 2.75) is 6.61 Å². The molecule has 2 heteroatoms. The lowest BCUT2D eigenvalue weighted by molar-refractivity contribution is 0.306. The van der Waals surface area contributed by atoms with Gasteiger partial charge in [0.2, 0.25) is 0 Å². The Morgan fingerprint density at radius 1 is 1.00 bits per heavy atom. The molecule has 0 radical (unpaired) electrons. The van der Waals surface area contributed by atoms with Crippen molar-refractivity contribution in [3.63, 3.8) is 0 Å². The zero-order valence-corrected chi connectivity index (χ0v) is 12.2. The maximum absolute atomic E-state index is 5.81. The summed E-state index contributed by atoms with van der Waals surface area (Å²) >= 11 is 0. The summed E-state index contributed by atoms with van der Waals surface area (Å²) in [5.74, 6) is 0.905. The third-order valence-corrected chi connectivity index (χ3v) is 3.53. The molecule has 0 saturated carbocycles. The third-order valence-electron chi connectivity index (χ3n) is 3.53. The van der Waals surface area contributed by atoms with Gasteiger partial charge in [0.15, 0.2) is 0 Å². The second-order valence-corrected chi connectivity index (χ2v) is 5.25. The fourth-order valence-corrected chi connectivity index (χ4v) is 2.37. The Labute approximate surface area is 126 Å². The minimum Gasteiger partial charge on any atom is -0.489 e. The van der Waals surface area contributed by atoms with E-state index in [1.54, 1.807) is 0 Å². The molecular formula is C19H19NO. The van der Waals surface area contributed by atoms with Crippen molar-refractivity contribution in [2.75, 3.05) is 13.6 Å². The van der Waals surface area contributed by atoms with Gasteiger partial charge in [0, 0.05) is 13.6 Å². The molecular weight excluding hydrogens is 258 g/mol. The van der Waals surface area contributed by atoms with Crippen molar-refractivity contribution >= 4 is 5.57 Å². The maximum atomic E-state index is 5.81. The van der Waals surface area contributed by atoms with Crippen LogP contribution in [-0.2, 0) is 6.61 Å². The van der Waals surface area contributed by atoms with E-state index < -0.39 is 0 Å². The van der Waals surface area contributed by atoms with Crippen LogP contribution < -0.4 is 4.74 Å². The highest BCUT2D eigenvalue weighted by Crippen LogP contribution is 2.22. The van der Waals surface area contributed by atoms with E-state index in [2.05, 4.69) is 54.6 Å². The molecule has 0 N–H and O–H groups in total. The van der Waals surface area contributed by atoms with Crippen LogP contribution in [0.5, 0.6) is 5.75 Å². The Morgan fingerprint density at radius 3 is 2.48 bits per heavy atom. The fourth-order valence-electron chi connectivity index (χ4n) is 2.37. The Kier molecular flexibility index (Phi) is 4.06. The third kappa shape index (κ3) is 3.54. The predicted molar refractivity (Wildman–Crippen MR) is 87.0 cm³/mol. The molecule has 21 heavy (non-hydrogen) atoms. The van der Waals surface area contributed by atoms with Gasteiger partial charge in [-0.05, 0) is 41.1 Å². The molecule has 3 rings (SSSR count). The molecule has 0 bridgehead atoms. The van der Waals surface area contributed by atoms with E-state index in [0.29, 0.717) is 6.61 Å². The summed E-state index contributed by atoms with van der Waals surface area (Å²) in [6.07, 6.45) is 6.33. The lowest BCUT2D eigenvalue weighted by Crippen LogP contribution is -2.15. The monoisotopic (exact) mass is 277 g/mol. The average molecular weight is 277 g/mol. The Bertz CT molecular complexity index is 641. The summed E-state index contributed by atoms with van der Waals surface area (Å²) in [6.45, 7) is 1.55. The van der Waals surface area contributed by atoms with Gasteiger partial charge in [0.25, 0.3) is 0 Å². The maximum Gasteiger partial charge on any atom is 0.119 e. The Morgan fingerprint density at radius 2 is 1.76 bits per heavy atom. The fraction of sp³-hybridized carbons (Fsp3) is 0.158. The summed E-state index contributed by atoms with van der Waals surface area (Å²) in [4.78, 5) is 2.18. The molecule has 2 aromatic rings. The molecule has 106 valence electrons. The molecule has 0 saturated heterocycles. The number of rotatable bonds is 4. The SMILES string of the molecule is CN1C=CC=C(c2ccc(OCc3ccccc3)cc2)C1. The van der Waals surface area contributed by atoms with Crippen molar-refractivity contribution in [1.29, 1.82) is 0 Å². The molecule has 1 aliphatic heterocycles. The molecule has 2 nitrogen and oxygen atoms in total. The molecule has 0 atom stereocenters. The van der Waals surface area contributed by atoms with Gasteiger partial charge in [0.05, 0.1) is 0 Å². The van der Waals surface area contributed by atoms with E-state index in [1.807, 2.05) is 30.3 Å². The van der Waals surface area contributed by atoms with Crippen molar-refractivity contribution in [3.05, 3.63) is 84.1 Å². The molecule has 0 fully saturated rings. The molecule has 0 aromatic heterocycles. The van der Waals surface area contributed by atoms with Gasteiger partial charge in [-0.15, -0.1) is 0 Å². The zero-order chi connectivity index (χ0) is 14.5. The smallest absolute Gasteiger partial charge is 0.119 e. The van der Waals surface area contributed by atoms with Crippen LogP contribution >= 0.6 is 0 Å². The molecule has 0 spiro atoms. The number of hydrogen-bond donors (Lipinski definition) is 0. The van der Waals surface area contributed by atoms with E-state index in [1.165, 1.54) is 16.7 Å². The minimum absolute atomic E-state index is 0.606. The summed E-state index contributed by atoms with van der Waals surface area (Å²) in [5.41, 5.74) is 3.76. The van der Waals surface area contributed by atoms with E-state index in [-0.39, 0.29) is 0 Å². The number of allylic oxidation sites excluding steroid dienone is 2. The van der Waals surface area contributed by atoms with E-state index in [9.17, 15) is 0 Å². The average Bonchev–Trinajstić information content (AvgIpc) is 2.54. The quantitative estimate of drug-likeness (QED) is 0.834. The number of likely N-dealkylation sites (N-methyl/N-ethyl adjacent to an activating group) is 1. The summed E-state index contributed by atoms with van der Waals surface area (Å²) in [7, 11) is 2.08. The largest absolute Gasteiger partial charge is 0.489 e. The minimum atomic E-state index is 0.606. The van der Waals surface area contributed by atoms with Gasteiger partial charge in [0.1, 0.15) is 12.4 Å². The van der Waals surface area contributed by atoms with Crippen molar-refractivity contribution in [1.82, 2.24) is 4.90 Å². The lowest BCUT2D eigenvalue weighted by Gasteiger charge is -2.20. The van der Waals surface area contributed by atoms with E-state index in [4.69, 9.17) is 4.74 Å². The van der Waals surface area contributed by atoms with Gasteiger partial charge in [-0.2, -0.15) is 0 Å². The van der Waals surface area contributed by atoms with Crippen LogP contribution in [0, 0.1) is 0 Å². The predicted octanol–water partition coefficient (Wildman–Crippen LogP) is 4.11. The van der Waals surface area contributed by atoms with Crippen LogP contribution in [0.4, 0.5) is 0 Å². The van der Waals surface area contributed by atoms with Gasteiger partial charge in [-0.3, -0.25) is 0 Å². The second-order valence-electron chi connectivity index (χ2n) is 5.25. The van der Waals surface area contributed by atoms with E-state index in [0.717, 1.165) is 12.3 Å². The Hall–Kier alpha value is -2.48. The highest BCUT2D eigenvalue weighted by atomic mass is 16.5.